The number of benzene rings is 1. The first-order chi connectivity index (χ1) is 9.60. The van der Waals surface area contributed by atoms with E-state index in [0.717, 1.165) is 12.0 Å². The standard InChI is InChI=1S/C15H17ClN2O2/c1-3-8-19-15-13(17)6-7-14(18-15)20-11-4-5-12(16)10(2)9-11/h4-7,9H,3,8,17H2,1-2H3. The molecule has 5 heteroatoms. The van der Waals surface area contributed by atoms with Gasteiger partial charge in [-0.15, -0.1) is 0 Å². The molecule has 2 rings (SSSR count). The topological polar surface area (TPSA) is 57.4 Å². The molecule has 0 atom stereocenters. The fraction of sp³-hybridized carbons (Fsp3) is 0.267. The Bertz CT molecular complexity index is 602. The number of rotatable bonds is 5. The van der Waals surface area contributed by atoms with Crippen molar-refractivity contribution >= 4 is 17.3 Å². The van der Waals surface area contributed by atoms with E-state index in [1.54, 1.807) is 24.3 Å². The lowest BCUT2D eigenvalue weighted by Gasteiger charge is -2.10. The van der Waals surface area contributed by atoms with Crippen LogP contribution in [0.15, 0.2) is 30.3 Å². The average Bonchev–Trinajstić information content (AvgIpc) is 2.43. The van der Waals surface area contributed by atoms with E-state index < -0.39 is 0 Å². The highest BCUT2D eigenvalue weighted by atomic mass is 35.5. The number of pyridine rings is 1. The Kier molecular flexibility index (Phi) is 4.69. The van der Waals surface area contributed by atoms with E-state index in [2.05, 4.69) is 4.98 Å². The minimum absolute atomic E-state index is 0.398. The highest BCUT2D eigenvalue weighted by Gasteiger charge is 2.07. The third kappa shape index (κ3) is 3.54. The zero-order valence-corrected chi connectivity index (χ0v) is 12.3. The van der Waals surface area contributed by atoms with Crippen LogP contribution in [-0.4, -0.2) is 11.6 Å². The number of nitrogen functional groups attached to an aromatic ring is 1. The number of halogens is 1. The Hall–Kier alpha value is -1.94. The van der Waals surface area contributed by atoms with Crippen LogP contribution in [0, 0.1) is 6.92 Å². The summed E-state index contributed by atoms with van der Waals surface area (Å²) in [6.07, 6.45) is 0.891. The van der Waals surface area contributed by atoms with E-state index in [-0.39, 0.29) is 0 Å². The third-order valence-corrected chi connectivity index (χ3v) is 3.08. The molecule has 4 nitrogen and oxygen atoms in total. The Morgan fingerprint density at radius 2 is 2.05 bits per heavy atom. The van der Waals surface area contributed by atoms with Gasteiger partial charge in [0.05, 0.1) is 12.3 Å². The summed E-state index contributed by atoms with van der Waals surface area (Å²) in [6.45, 7) is 4.51. The molecule has 0 aliphatic heterocycles. The minimum Gasteiger partial charge on any atom is -0.476 e. The number of nitrogens with zero attached hydrogens (tertiary/aromatic N) is 1. The van der Waals surface area contributed by atoms with Crippen molar-refractivity contribution in [1.82, 2.24) is 4.98 Å². The molecule has 0 aliphatic rings. The molecule has 0 saturated heterocycles. The van der Waals surface area contributed by atoms with Crippen LogP contribution in [0.5, 0.6) is 17.5 Å². The van der Waals surface area contributed by atoms with E-state index in [0.29, 0.717) is 34.8 Å². The van der Waals surface area contributed by atoms with Crippen LogP contribution in [0.4, 0.5) is 5.69 Å². The minimum atomic E-state index is 0.398. The second-order valence-electron chi connectivity index (χ2n) is 4.41. The van der Waals surface area contributed by atoms with Gasteiger partial charge in [-0.3, -0.25) is 0 Å². The van der Waals surface area contributed by atoms with Crippen molar-refractivity contribution in [3.8, 4) is 17.5 Å². The summed E-state index contributed by atoms with van der Waals surface area (Å²) in [7, 11) is 0. The average molecular weight is 293 g/mol. The Balaban J connectivity index is 2.18. The lowest BCUT2D eigenvalue weighted by atomic mass is 10.2. The zero-order chi connectivity index (χ0) is 14.5. The molecule has 0 unspecified atom stereocenters. The molecule has 0 saturated carbocycles. The number of aryl methyl sites for hydroxylation is 1. The molecule has 20 heavy (non-hydrogen) atoms. The summed E-state index contributed by atoms with van der Waals surface area (Å²) >= 11 is 5.98. The summed E-state index contributed by atoms with van der Waals surface area (Å²) in [5.74, 6) is 1.51. The van der Waals surface area contributed by atoms with Crippen LogP contribution in [0.1, 0.15) is 18.9 Å². The molecular formula is C15H17ClN2O2. The quantitative estimate of drug-likeness (QED) is 0.897. The number of hydrogen-bond donors (Lipinski definition) is 1. The first-order valence-electron chi connectivity index (χ1n) is 6.43. The SMILES string of the molecule is CCCOc1nc(Oc2ccc(Cl)c(C)c2)ccc1N. The largest absolute Gasteiger partial charge is 0.476 e. The van der Waals surface area contributed by atoms with Gasteiger partial charge in [0, 0.05) is 11.1 Å². The Labute approximate surface area is 123 Å². The summed E-state index contributed by atoms with van der Waals surface area (Å²) in [6, 6.07) is 8.86. The molecule has 2 N–H and O–H groups in total. The van der Waals surface area contributed by atoms with Crippen molar-refractivity contribution in [2.24, 2.45) is 0 Å². The van der Waals surface area contributed by atoms with Gasteiger partial charge in [-0.25, -0.2) is 0 Å². The van der Waals surface area contributed by atoms with E-state index in [9.17, 15) is 0 Å². The monoisotopic (exact) mass is 292 g/mol. The fourth-order valence-electron chi connectivity index (χ4n) is 1.61. The lowest BCUT2D eigenvalue weighted by Crippen LogP contribution is -2.02. The molecule has 0 fully saturated rings. The maximum atomic E-state index is 5.98. The van der Waals surface area contributed by atoms with Gasteiger partial charge < -0.3 is 15.2 Å². The molecule has 0 bridgehead atoms. The van der Waals surface area contributed by atoms with E-state index >= 15 is 0 Å². The molecule has 1 aromatic heterocycles. The van der Waals surface area contributed by atoms with Crippen LogP contribution in [0.25, 0.3) is 0 Å². The highest BCUT2D eigenvalue weighted by Crippen LogP contribution is 2.28. The van der Waals surface area contributed by atoms with Crippen molar-refractivity contribution in [3.63, 3.8) is 0 Å². The van der Waals surface area contributed by atoms with Crippen molar-refractivity contribution in [1.29, 1.82) is 0 Å². The Morgan fingerprint density at radius 1 is 1.25 bits per heavy atom. The van der Waals surface area contributed by atoms with Gasteiger partial charge >= 0.3 is 0 Å². The van der Waals surface area contributed by atoms with Crippen molar-refractivity contribution in [2.45, 2.75) is 20.3 Å². The second-order valence-corrected chi connectivity index (χ2v) is 4.81. The molecular weight excluding hydrogens is 276 g/mol. The number of anilines is 1. The molecule has 0 aliphatic carbocycles. The zero-order valence-electron chi connectivity index (χ0n) is 11.5. The molecule has 0 amide bonds. The van der Waals surface area contributed by atoms with Crippen molar-refractivity contribution < 1.29 is 9.47 Å². The number of nitrogens with two attached hydrogens (primary N) is 1. The maximum Gasteiger partial charge on any atom is 0.240 e. The first kappa shape index (κ1) is 14.5. The van der Waals surface area contributed by atoms with Gasteiger partial charge in [0.1, 0.15) is 5.75 Å². The number of ether oxygens (including phenoxy) is 2. The third-order valence-electron chi connectivity index (χ3n) is 2.66. The summed E-state index contributed by atoms with van der Waals surface area (Å²) in [4.78, 5) is 4.25. The first-order valence-corrected chi connectivity index (χ1v) is 6.81. The van der Waals surface area contributed by atoms with Crippen LogP contribution >= 0.6 is 11.6 Å². The van der Waals surface area contributed by atoms with Gasteiger partial charge in [-0.1, -0.05) is 18.5 Å². The van der Waals surface area contributed by atoms with Gasteiger partial charge in [-0.2, -0.15) is 4.98 Å². The van der Waals surface area contributed by atoms with E-state index in [1.165, 1.54) is 0 Å². The molecule has 106 valence electrons. The number of hydrogen-bond acceptors (Lipinski definition) is 4. The molecule has 2 aromatic rings. The normalized spacial score (nSPS) is 10.3. The van der Waals surface area contributed by atoms with Crippen molar-refractivity contribution in [3.05, 3.63) is 40.9 Å². The highest BCUT2D eigenvalue weighted by molar-refractivity contribution is 6.31. The van der Waals surface area contributed by atoms with Crippen LogP contribution in [0.2, 0.25) is 5.02 Å². The number of aromatic nitrogens is 1. The smallest absolute Gasteiger partial charge is 0.240 e. The summed E-state index contributed by atoms with van der Waals surface area (Å²) in [5, 5.41) is 0.703. The van der Waals surface area contributed by atoms with Crippen LogP contribution in [-0.2, 0) is 0 Å². The predicted molar refractivity (Wildman–Crippen MR) is 80.7 cm³/mol. The van der Waals surface area contributed by atoms with Crippen LogP contribution in [0.3, 0.4) is 0 Å². The summed E-state index contributed by atoms with van der Waals surface area (Å²) in [5.41, 5.74) is 7.25. The van der Waals surface area contributed by atoms with Crippen LogP contribution < -0.4 is 15.2 Å². The van der Waals surface area contributed by atoms with Gasteiger partial charge in [0.2, 0.25) is 11.8 Å². The predicted octanol–water partition coefficient (Wildman–Crippen LogP) is 4.21. The van der Waals surface area contributed by atoms with Gasteiger partial charge in [0.15, 0.2) is 0 Å². The second kappa shape index (κ2) is 6.48. The van der Waals surface area contributed by atoms with E-state index in [1.807, 2.05) is 19.9 Å². The Morgan fingerprint density at radius 3 is 2.75 bits per heavy atom. The lowest BCUT2D eigenvalue weighted by molar-refractivity contribution is 0.302. The molecule has 0 spiro atoms. The molecule has 1 aromatic carbocycles. The van der Waals surface area contributed by atoms with Crippen molar-refractivity contribution in [2.75, 3.05) is 12.3 Å². The summed E-state index contributed by atoms with van der Waals surface area (Å²) < 4.78 is 11.2. The molecule has 0 radical (unpaired) electrons. The fourth-order valence-corrected chi connectivity index (χ4v) is 1.72. The van der Waals surface area contributed by atoms with Gasteiger partial charge in [0.25, 0.3) is 0 Å². The van der Waals surface area contributed by atoms with E-state index in [4.69, 9.17) is 26.8 Å². The maximum absolute atomic E-state index is 5.98. The van der Waals surface area contributed by atoms with Gasteiger partial charge in [-0.05, 0) is 43.2 Å². The molecule has 1 heterocycles.